The lowest BCUT2D eigenvalue weighted by atomic mass is 10.1. The van der Waals surface area contributed by atoms with Crippen LogP contribution in [-0.4, -0.2) is 25.1 Å². The van der Waals surface area contributed by atoms with E-state index in [-0.39, 0.29) is 24.0 Å². The fourth-order valence-corrected chi connectivity index (χ4v) is 2.41. The minimum atomic E-state index is -4.28. The quantitative estimate of drug-likeness (QED) is 0.305. The Labute approximate surface area is 157 Å². The number of rotatable bonds is 5. The van der Waals surface area contributed by atoms with Gasteiger partial charge in [-0.1, -0.05) is 24.3 Å². The molecule has 0 saturated heterocycles. The first-order chi connectivity index (χ1) is 11.0. The number of nitrogens with zero attached hydrogens (tertiary/aromatic N) is 1. The molecule has 1 aliphatic rings. The molecule has 0 radical (unpaired) electrons. The summed E-state index contributed by atoms with van der Waals surface area (Å²) in [6.45, 7) is 3.30. The summed E-state index contributed by atoms with van der Waals surface area (Å²) in [4.78, 5) is 4.49. The smallest absolute Gasteiger partial charge is 0.357 e. The lowest BCUT2D eigenvalue weighted by Crippen LogP contribution is -2.42. The molecule has 0 amide bonds. The predicted molar refractivity (Wildman–Crippen MR) is 102 cm³/mol. The van der Waals surface area contributed by atoms with Crippen molar-refractivity contribution < 1.29 is 13.2 Å². The highest BCUT2D eigenvalue weighted by atomic mass is 127. The van der Waals surface area contributed by atoms with Crippen molar-refractivity contribution >= 4 is 29.9 Å². The lowest BCUT2D eigenvalue weighted by molar-refractivity contribution is -0.137. The highest BCUT2D eigenvalue weighted by Crippen LogP contribution is 2.29. The van der Waals surface area contributed by atoms with Crippen LogP contribution in [0.5, 0.6) is 0 Å². The highest BCUT2D eigenvalue weighted by molar-refractivity contribution is 14.0. The molecule has 2 N–H and O–H groups in total. The first kappa shape index (κ1) is 20.8. The van der Waals surface area contributed by atoms with E-state index in [1.807, 2.05) is 6.92 Å². The Balaban J connectivity index is 0.00000288. The maximum atomic E-state index is 12.5. The van der Waals surface area contributed by atoms with Gasteiger partial charge in [0.05, 0.1) is 5.56 Å². The molecule has 0 spiro atoms. The first-order valence-corrected chi connectivity index (χ1v) is 7.85. The minimum Gasteiger partial charge on any atom is -0.357 e. The molecule has 0 bridgehead atoms. The molecule has 134 valence electrons. The molecule has 0 unspecified atom stereocenters. The Morgan fingerprint density at radius 3 is 2.33 bits per heavy atom. The van der Waals surface area contributed by atoms with Gasteiger partial charge in [-0.2, -0.15) is 13.2 Å². The number of halogens is 4. The predicted octanol–water partition coefficient (Wildman–Crippen LogP) is 4.14. The second-order valence-corrected chi connectivity index (χ2v) is 5.49. The van der Waals surface area contributed by atoms with Crippen molar-refractivity contribution in [2.45, 2.75) is 38.4 Å². The van der Waals surface area contributed by atoms with Gasteiger partial charge in [-0.3, -0.25) is 4.99 Å². The van der Waals surface area contributed by atoms with E-state index in [0.717, 1.165) is 43.0 Å². The Morgan fingerprint density at radius 2 is 1.79 bits per heavy atom. The third-order valence-electron chi connectivity index (χ3n) is 3.64. The fourth-order valence-electron chi connectivity index (χ4n) is 2.41. The zero-order chi connectivity index (χ0) is 16.7. The topological polar surface area (TPSA) is 36.4 Å². The Morgan fingerprint density at radius 1 is 1.17 bits per heavy atom. The highest BCUT2D eigenvalue weighted by Gasteiger charge is 2.29. The summed E-state index contributed by atoms with van der Waals surface area (Å²) in [5.74, 6) is 0.758. The molecule has 0 fully saturated rings. The Hall–Kier alpha value is -1.25. The Kier molecular flexibility index (Phi) is 8.58. The van der Waals surface area contributed by atoms with Crippen LogP contribution in [0, 0.1) is 0 Å². The summed E-state index contributed by atoms with van der Waals surface area (Å²) in [7, 11) is 0. The largest absolute Gasteiger partial charge is 0.416 e. The van der Waals surface area contributed by atoms with Crippen molar-refractivity contribution in [3.8, 4) is 0 Å². The number of aliphatic imine (C=N–C) groups is 1. The average Bonchev–Trinajstić information content (AvgIpc) is 3.00. The molecule has 0 aromatic heterocycles. The van der Waals surface area contributed by atoms with Gasteiger partial charge < -0.3 is 10.6 Å². The minimum absolute atomic E-state index is 0. The third kappa shape index (κ3) is 6.70. The Bertz CT molecular complexity index is 545. The van der Waals surface area contributed by atoms with E-state index in [4.69, 9.17) is 0 Å². The molecular weight excluding hydrogens is 430 g/mol. The van der Waals surface area contributed by atoms with Gasteiger partial charge in [-0.15, -0.1) is 24.0 Å². The van der Waals surface area contributed by atoms with Crippen LogP contribution in [0.2, 0.25) is 0 Å². The molecule has 1 aromatic carbocycles. The van der Waals surface area contributed by atoms with Crippen LogP contribution in [0.15, 0.2) is 41.4 Å². The molecule has 2 rings (SSSR count). The lowest BCUT2D eigenvalue weighted by Gasteiger charge is -2.16. The standard InChI is InChI=1S/C17H22F3N3.HI/c1-2-21-16(23-15-5-3-4-6-15)22-12-11-13-7-9-14(10-8-13)17(18,19)20;/h3-4,7-10,15H,2,5-6,11-12H2,1H3,(H2,21,22,23);1H. The van der Waals surface area contributed by atoms with Gasteiger partial charge in [0, 0.05) is 19.1 Å². The van der Waals surface area contributed by atoms with Crippen LogP contribution in [0.25, 0.3) is 0 Å². The summed E-state index contributed by atoms with van der Waals surface area (Å²) < 4.78 is 37.5. The van der Waals surface area contributed by atoms with Crippen molar-refractivity contribution in [3.05, 3.63) is 47.5 Å². The van der Waals surface area contributed by atoms with Crippen molar-refractivity contribution in [1.29, 1.82) is 0 Å². The van der Waals surface area contributed by atoms with Gasteiger partial charge in [0.1, 0.15) is 0 Å². The van der Waals surface area contributed by atoms with E-state index in [1.165, 1.54) is 12.1 Å². The second-order valence-electron chi connectivity index (χ2n) is 5.49. The van der Waals surface area contributed by atoms with Gasteiger partial charge in [0.15, 0.2) is 5.96 Å². The summed E-state index contributed by atoms with van der Waals surface area (Å²) in [5, 5.41) is 6.55. The van der Waals surface area contributed by atoms with E-state index in [0.29, 0.717) is 19.0 Å². The van der Waals surface area contributed by atoms with Crippen LogP contribution in [0.3, 0.4) is 0 Å². The van der Waals surface area contributed by atoms with Gasteiger partial charge >= 0.3 is 6.18 Å². The first-order valence-electron chi connectivity index (χ1n) is 7.85. The second kappa shape index (κ2) is 9.90. The summed E-state index contributed by atoms with van der Waals surface area (Å²) in [5.41, 5.74) is 0.230. The van der Waals surface area contributed by atoms with Crippen molar-refractivity contribution in [2.24, 2.45) is 4.99 Å². The summed E-state index contributed by atoms with van der Waals surface area (Å²) in [6.07, 6.45) is 2.59. The molecule has 0 heterocycles. The number of nitrogens with one attached hydrogen (secondary N) is 2. The zero-order valence-electron chi connectivity index (χ0n) is 13.6. The van der Waals surface area contributed by atoms with Crippen molar-refractivity contribution in [1.82, 2.24) is 10.6 Å². The normalized spacial score (nSPS) is 15.2. The number of hydrogen-bond donors (Lipinski definition) is 2. The number of hydrogen-bond acceptors (Lipinski definition) is 1. The van der Waals surface area contributed by atoms with Crippen LogP contribution < -0.4 is 10.6 Å². The average molecular weight is 453 g/mol. The van der Waals surface area contributed by atoms with E-state index < -0.39 is 11.7 Å². The van der Waals surface area contributed by atoms with Gasteiger partial charge in [0.2, 0.25) is 0 Å². The molecule has 0 aliphatic heterocycles. The van der Waals surface area contributed by atoms with E-state index in [2.05, 4.69) is 27.8 Å². The van der Waals surface area contributed by atoms with E-state index in [9.17, 15) is 13.2 Å². The van der Waals surface area contributed by atoms with Crippen LogP contribution >= 0.6 is 24.0 Å². The summed E-state index contributed by atoms with van der Waals surface area (Å²) in [6, 6.07) is 5.64. The fraction of sp³-hybridized carbons (Fsp3) is 0.471. The molecule has 1 aromatic rings. The maximum absolute atomic E-state index is 12.5. The number of benzene rings is 1. The van der Waals surface area contributed by atoms with Gasteiger partial charge in [-0.25, -0.2) is 0 Å². The van der Waals surface area contributed by atoms with Crippen LogP contribution in [-0.2, 0) is 12.6 Å². The number of alkyl halides is 3. The van der Waals surface area contributed by atoms with Crippen molar-refractivity contribution in [2.75, 3.05) is 13.1 Å². The van der Waals surface area contributed by atoms with Crippen molar-refractivity contribution in [3.63, 3.8) is 0 Å². The third-order valence-corrected chi connectivity index (χ3v) is 3.64. The molecule has 3 nitrogen and oxygen atoms in total. The van der Waals surface area contributed by atoms with Gasteiger partial charge in [0.25, 0.3) is 0 Å². The molecule has 1 aliphatic carbocycles. The number of guanidine groups is 1. The van der Waals surface area contributed by atoms with Gasteiger partial charge in [-0.05, 0) is 43.9 Å². The molecule has 0 atom stereocenters. The van der Waals surface area contributed by atoms with E-state index in [1.54, 1.807) is 0 Å². The molecule has 7 heteroatoms. The molecular formula is C17H23F3IN3. The summed E-state index contributed by atoms with van der Waals surface area (Å²) >= 11 is 0. The SMILES string of the molecule is CCNC(=NCCc1ccc(C(F)(F)F)cc1)NC1CC=CC1.I. The monoisotopic (exact) mass is 453 g/mol. The maximum Gasteiger partial charge on any atom is 0.416 e. The van der Waals surface area contributed by atoms with E-state index >= 15 is 0 Å². The van der Waals surface area contributed by atoms with Crippen LogP contribution in [0.1, 0.15) is 30.9 Å². The van der Waals surface area contributed by atoms with Crippen LogP contribution in [0.4, 0.5) is 13.2 Å². The molecule has 0 saturated carbocycles. The zero-order valence-corrected chi connectivity index (χ0v) is 15.9. The molecule has 24 heavy (non-hydrogen) atoms.